The van der Waals surface area contributed by atoms with E-state index in [0.717, 1.165) is 13.8 Å². The van der Waals surface area contributed by atoms with Gasteiger partial charge in [0.25, 0.3) is 10.0 Å². The van der Waals surface area contributed by atoms with Gasteiger partial charge in [-0.2, -0.15) is 0 Å². The smallest absolute Gasteiger partial charge is 0.206 e. The van der Waals surface area contributed by atoms with Crippen molar-refractivity contribution in [3.63, 3.8) is 0 Å². The van der Waals surface area contributed by atoms with Crippen molar-refractivity contribution in [2.75, 3.05) is 0 Å². The molecule has 1 atom stereocenters. The zero-order chi connectivity index (χ0) is 14.0. The molecule has 1 unspecified atom stereocenters. The molecular formula is C12H11Br2NO2S2. The summed E-state index contributed by atoms with van der Waals surface area (Å²) < 4.78 is 29.1. The van der Waals surface area contributed by atoms with Crippen LogP contribution in [-0.2, 0) is 10.0 Å². The third-order valence-corrected chi connectivity index (χ3v) is 6.70. The van der Waals surface area contributed by atoms with Crippen LogP contribution < -0.4 is 4.72 Å². The fraction of sp³-hybridized carbons (Fsp3) is 0.167. The summed E-state index contributed by atoms with van der Waals surface area (Å²) in [7, 11) is -3.47. The summed E-state index contributed by atoms with van der Waals surface area (Å²) in [6, 6.07) is 10.6. The molecule has 0 aliphatic carbocycles. The number of hydrogen-bond acceptors (Lipinski definition) is 3. The van der Waals surface area contributed by atoms with Gasteiger partial charge in [0, 0.05) is 10.5 Å². The van der Waals surface area contributed by atoms with Crippen molar-refractivity contribution in [1.29, 1.82) is 0 Å². The third kappa shape index (κ3) is 3.88. The topological polar surface area (TPSA) is 46.2 Å². The molecule has 0 spiro atoms. The minimum atomic E-state index is -3.47. The molecule has 0 aliphatic rings. The number of rotatable bonds is 4. The molecule has 0 saturated heterocycles. The summed E-state index contributed by atoms with van der Waals surface area (Å²) in [6.45, 7) is 1.82. The van der Waals surface area contributed by atoms with Gasteiger partial charge in [-0.15, -0.1) is 11.3 Å². The lowest BCUT2D eigenvalue weighted by atomic mass is 10.1. The van der Waals surface area contributed by atoms with Crippen molar-refractivity contribution in [3.05, 3.63) is 50.2 Å². The standard InChI is InChI=1S/C12H11Br2NO2S2/c1-8(9-2-4-10(13)5-3-9)15-19(16,17)12-7-6-11(14)18-12/h2-8,15H,1H3. The number of sulfonamides is 1. The number of nitrogens with one attached hydrogen (secondary N) is 1. The Morgan fingerprint density at radius 3 is 2.26 bits per heavy atom. The molecule has 0 aliphatic heterocycles. The van der Waals surface area contributed by atoms with Crippen LogP contribution in [-0.4, -0.2) is 8.42 Å². The van der Waals surface area contributed by atoms with Crippen molar-refractivity contribution in [1.82, 2.24) is 4.72 Å². The second-order valence-corrected chi connectivity index (χ2v) is 9.27. The Hall–Kier alpha value is -0.210. The van der Waals surface area contributed by atoms with E-state index < -0.39 is 10.0 Å². The van der Waals surface area contributed by atoms with Gasteiger partial charge in [-0.25, -0.2) is 13.1 Å². The lowest BCUT2D eigenvalue weighted by Crippen LogP contribution is -2.26. The molecule has 3 nitrogen and oxygen atoms in total. The second-order valence-electron chi connectivity index (χ2n) is 3.95. The quantitative estimate of drug-likeness (QED) is 0.794. The summed E-state index contributed by atoms with van der Waals surface area (Å²) in [5.74, 6) is 0. The second kappa shape index (κ2) is 6.05. The summed E-state index contributed by atoms with van der Waals surface area (Å²) >= 11 is 7.81. The SMILES string of the molecule is CC(NS(=O)(=O)c1ccc(Br)s1)c1ccc(Br)cc1. The first-order valence-corrected chi connectivity index (χ1v) is 9.30. The maximum absolute atomic E-state index is 12.2. The van der Waals surface area contributed by atoms with Crippen LogP contribution in [0.1, 0.15) is 18.5 Å². The van der Waals surface area contributed by atoms with Gasteiger partial charge in [0.15, 0.2) is 0 Å². The van der Waals surface area contributed by atoms with Gasteiger partial charge >= 0.3 is 0 Å². The first kappa shape index (κ1) is 15.2. The van der Waals surface area contributed by atoms with E-state index in [1.165, 1.54) is 11.3 Å². The lowest BCUT2D eigenvalue weighted by Gasteiger charge is -2.13. The molecule has 2 aromatic rings. The molecule has 1 N–H and O–H groups in total. The maximum atomic E-state index is 12.2. The fourth-order valence-corrected chi connectivity index (χ4v) is 5.08. The van der Waals surface area contributed by atoms with E-state index in [1.54, 1.807) is 12.1 Å². The number of hydrogen-bond donors (Lipinski definition) is 1. The molecule has 1 aromatic carbocycles. The van der Waals surface area contributed by atoms with Crippen LogP contribution in [0.3, 0.4) is 0 Å². The zero-order valence-corrected chi connectivity index (χ0v) is 14.7. The molecule has 7 heteroatoms. The van der Waals surface area contributed by atoms with Gasteiger partial charge < -0.3 is 0 Å². The predicted molar refractivity (Wildman–Crippen MR) is 84.9 cm³/mol. The van der Waals surface area contributed by atoms with Gasteiger partial charge in [0.2, 0.25) is 0 Å². The van der Waals surface area contributed by atoms with E-state index >= 15 is 0 Å². The summed E-state index contributed by atoms with van der Waals surface area (Å²) in [4.78, 5) is 0. The van der Waals surface area contributed by atoms with Gasteiger partial charge in [-0.05, 0) is 52.7 Å². The highest BCUT2D eigenvalue weighted by Crippen LogP contribution is 2.27. The van der Waals surface area contributed by atoms with Crippen molar-refractivity contribution in [2.45, 2.75) is 17.2 Å². The first-order chi connectivity index (χ1) is 8.88. The molecule has 19 heavy (non-hydrogen) atoms. The van der Waals surface area contributed by atoms with E-state index in [0.29, 0.717) is 4.21 Å². The minimum absolute atomic E-state index is 0.279. The fourth-order valence-electron chi connectivity index (χ4n) is 1.55. The summed E-state index contributed by atoms with van der Waals surface area (Å²) in [6.07, 6.45) is 0. The summed E-state index contributed by atoms with van der Waals surface area (Å²) in [5.41, 5.74) is 0.919. The summed E-state index contributed by atoms with van der Waals surface area (Å²) in [5, 5.41) is 0. The highest BCUT2D eigenvalue weighted by molar-refractivity contribution is 9.11. The molecule has 0 amide bonds. The molecule has 1 aromatic heterocycles. The largest absolute Gasteiger partial charge is 0.250 e. The van der Waals surface area contributed by atoms with Gasteiger partial charge in [-0.3, -0.25) is 0 Å². The van der Waals surface area contributed by atoms with Gasteiger partial charge in [-0.1, -0.05) is 28.1 Å². The van der Waals surface area contributed by atoms with Crippen molar-refractivity contribution >= 4 is 53.2 Å². The number of benzene rings is 1. The van der Waals surface area contributed by atoms with E-state index in [1.807, 2.05) is 31.2 Å². The number of halogens is 2. The molecule has 0 radical (unpaired) electrons. The van der Waals surface area contributed by atoms with E-state index in [9.17, 15) is 8.42 Å². The first-order valence-electron chi connectivity index (χ1n) is 5.41. The highest BCUT2D eigenvalue weighted by atomic mass is 79.9. The minimum Gasteiger partial charge on any atom is -0.206 e. The van der Waals surface area contributed by atoms with E-state index in [4.69, 9.17) is 0 Å². The van der Waals surface area contributed by atoms with Gasteiger partial charge in [0.05, 0.1) is 3.79 Å². The normalized spacial score (nSPS) is 13.4. The van der Waals surface area contributed by atoms with Crippen LogP contribution in [0.25, 0.3) is 0 Å². The highest BCUT2D eigenvalue weighted by Gasteiger charge is 2.20. The average Bonchev–Trinajstić information content (AvgIpc) is 2.77. The Morgan fingerprint density at radius 1 is 1.11 bits per heavy atom. The van der Waals surface area contributed by atoms with Crippen LogP contribution in [0.5, 0.6) is 0 Å². The zero-order valence-electron chi connectivity index (χ0n) is 9.93. The molecule has 0 bridgehead atoms. The molecule has 0 fully saturated rings. The van der Waals surface area contributed by atoms with Crippen molar-refractivity contribution in [2.24, 2.45) is 0 Å². The molecule has 2 rings (SSSR count). The molecular weight excluding hydrogens is 414 g/mol. The monoisotopic (exact) mass is 423 g/mol. The Kier molecular flexibility index (Phi) is 4.84. The van der Waals surface area contributed by atoms with Crippen molar-refractivity contribution < 1.29 is 8.42 Å². The van der Waals surface area contributed by atoms with E-state index in [-0.39, 0.29) is 6.04 Å². The lowest BCUT2D eigenvalue weighted by molar-refractivity contribution is 0.569. The Labute approximate surface area is 133 Å². The van der Waals surface area contributed by atoms with Crippen LogP contribution in [0.15, 0.2) is 48.9 Å². The molecule has 102 valence electrons. The molecule has 0 saturated carbocycles. The predicted octanol–water partition coefficient (Wildman–Crippen LogP) is 4.31. The Morgan fingerprint density at radius 2 is 1.74 bits per heavy atom. The Bertz CT molecular complexity index is 665. The van der Waals surface area contributed by atoms with Crippen LogP contribution >= 0.6 is 43.2 Å². The van der Waals surface area contributed by atoms with E-state index in [2.05, 4.69) is 36.6 Å². The molecule has 1 heterocycles. The van der Waals surface area contributed by atoms with Crippen molar-refractivity contribution in [3.8, 4) is 0 Å². The van der Waals surface area contributed by atoms with Crippen LogP contribution in [0.4, 0.5) is 0 Å². The number of thiophene rings is 1. The maximum Gasteiger partial charge on any atom is 0.250 e. The average molecular weight is 425 g/mol. The van der Waals surface area contributed by atoms with Gasteiger partial charge in [0.1, 0.15) is 4.21 Å². The van der Waals surface area contributed by atoms with Crippen LogP contribution in [0, 0.1) is 0 Å². The van der Waals surface area contributed by atoms with Crippen LogP contribution in [0.2, 0.25) is 0 Å². The Balaban J connectivity index is 2.18. The third-order valence-electron chi connectivity index (χ3n) is 2.52.